The Hall–Kier alpha value is -1.55. The van der Waals surface area contributed by atoms with Crippen LogP contribution in [0, 0.1) is 0 Å². The summed E-state index contributed by atoms with van der Waals surface area (Å²) in [4.78, 5) is 17.1. The number of rotatable bonds is 9. The van der Waals surface area contributed by atoms with Crippen molar-refractivity contribution in [1.82, 2.24) is 9.80 Å². The zero-order valence-electron chi connectivity index (χ0n) is 16.2. The van der Waals surface area contributed by atoms with Crippen molar-refractivity contribution in [2.24, 2.45) is 0 Å². The number of nitrogens with zero attached hydrogens (tertiary/aromatic N) is 2. The van der Waals surface area contributed by atoms with E-state index in [2.05, 4.69) is 24.0 Å². The minimum Gasteiger partial charge on any atom is -0.439 e. The number of hydrogen-bond acceptors (Lipinski definition) is 3. The molecule has 1 amide bonds. The molecule has 0 saturated carbocycles. The first-order valence-corrected chi connectivity index (χ1v) is 10.5. The molecule has 0 aromatic heterocycles. The lowest BCUT2D eigenvalue weighted by Crippen LogP contribution is -2.37. The molecule has 144 valence electrons. The van der Waals surface area contributed by atoms with Crippen LogP contribution in [-0.2, 0) is 4.74 Å². The summed E-state index contributed by atoms with van der Waals surface area (Å²) in [7, 11) is 0. The standard InChI is InChI=1S/C22H34N2O2/c1-2-3-6-14-20-21(19-12-7-4-8-13-19)26-22(25)24(20)18-11-17-23-15-9-5-10-16-23/h4,7-8,12-13,20-21H,2-3,5-6,9-11,14-18H2,1H3. The summed E-state index contributed by atoms with van der Waals surface area (Å²) >= 11 is 0. The predicted octanol–water partition coefficient (Wildman–Crippen LogP) is 5.00. The van der Waals surface area contributed by atoms with Gasteiger partial charge in [-0.25, -0.2) is 4.79 Å². The fraction of sp³-hybridized carbons (Fsp3) is 0.682. The van der Waals surface area contributed by atoms with E-state index in [1.165, 1.54) is 45.2 Å². The third-order valence-electron chi connectivity index (χ3n) is 5.77. The molecule has 0 spiro atoms. The molecule has 2 atom stereocenters. The smallest absolute Gasteiger partial charge is 0.410 e. The largest absolute Gasteiger partial charge is 0.439 e. The molecular weight excluding hydrogens is 324 g/mol. The summed E-state index contributed by atoms with van der Waals surface area (Å²) in [6.45, 7) is 6.58. The first-order valence-electron chi connectivity index (χ1n) is 10.5. The Morgan fingerprint density at radius 1 is 1.00 bits per heavy atom. The quantitative estimate of drug-likeness (QED) is 0.582. The highest BCUT2D eigenvalue weighted by Gasteiger charge is 2.41. The number of piperidine rings is 1. The molecule has 2 fully saturated rings. The van der Waals surface area contributed by atoms with Gasteiger partial charge in [0, 0.05) is 6.54 Å². The molecule has 0 bridgehead atoms. The van der Waals surface area contributed by atoms with Gasteiger partial charge < -0.3 is 14.5 Å². The maximum atomic E-state index is 12.6. The maximum Gasteiger partial charge on any atom is 0.410 e. The molecule has 1 aromatic rings. The molecule has 4 nitrogen and oxygen atoms in total. The average molecular weight is 359 g/mol. The van der Waals surface area contributed by atoms with Crippen molar-refractivity contribution in [3.63, 3.8) is 0 Å². The van der Waals surface area contributed by atoms with Crippen molar-refractivity contribution in [2.75, 3.05) is 26.2 Å². The van der Waals surface area contributed by atoms with E-state index in [4.69, 9.17) is 4.74 Å². The molecule has 0 N–H and O–H groups in total. The van der Waals surface area contributed by atoms with E-state index >= 15 is 0 Å². The highest BCUT2D eigenvalue weighted by Crippen LogP contribution is 2.35. The van der Waals surface area contributed by atoms with Crippen molar-refractivity contribution in [3.05, 3.63) is 35.9 Å². The van der Waals surface area contributed by atoms with Gasteiger partial charge in [-0.05, 0) is 50.9 Å². The van der Waals surface area contributed by atoms with Gasteiger partial charge >= 0.3 is 6.09 Å². The molecule has 2 unspecified atom stereocenters. The van der Waals surface area contributed by atoms with Crippen LogP contribution < -0.4 is 0 Å². The molecular formula is C22H34N2O2. The molecule has 2 saturated heterocycles. The second-order valence-electron chi connectivity index (χ2n) is 7.73. The number of hydrogen-bond donors (Lipinski definition) is 0. The Morgan fingerprint density at radius 3 is 2.50 bits per heavy atom. The molecule has 26 heavy (non-hydrogen) atoms. The van der Waals surface area contributed by atoms with Gasteiger partial charge in [-0.1, -0.05) is 62.9 Å². The lowest BCUT2D eigenvalue weighted by molar-refractivity contribution is 0.128. The van der Waals surface area contributed by atoms with Crippen molar-refractivity contribution in [3.8, 4) is 0 Å². The number of unbranched alkanes of at least 4 members (excludes halogenated alkanes) is 2. The summed E-state index contributed by atoms with van der Waals surface area (Å²) in [5, 5.41) is 0. The molecule has 4 heteroatoms. The molecule has 2 aliphatic heterocycles. The van der Waals surface area contributed by atoms with Crippen LogP contribution in [0.2, 0.25) is 0 Å². The number of carbonyl (C=O) groups excluding carboxylic acids is 1. The fourth-order valence-electron chi connectivity index (χ4n) is 4.30. The van der Waals surface area contributed by atoms with Crippen LogP contribution in [0.4, 0.5) is 4.79 Å². The number of carbonyl (C=O) groups is 1. The van der Waals surface area contributed by atoms with E-state index < -0.39 is 0 Å². The van der Waals surface area contributed by atoms with Crippen LogP contribution in [0.3, 0.4) is 0 Å². The second kappa shape index (κ2) is 9.96. The number of ether oxygens (including phenoxy) is 1. The minimum absolute atomic E-state index is 0.115. The van der Waals surface area contributed by atoms with Gasteiger partial charge in [-0.2, -0.15) is 0 Å². The van der Waals surface area contributed by atoms with Crippen LogP contribution in [0.15, 0.2) is 30.3 Å². The van der Waals surface area contributed by atoms with Crippen LogP contribution in [0.5, 0.6) is 0 Å². The molecule has 0 aliphatic carbocycles. The lowest BCUT2D eigenvalue weighted by atomic mass is 9.97. The SMILES string of the molecule is CCCCCC1C(c2ccccc2)OC(=O)N1CCCN1CCCCC1. The summed E-state index contributed by atoms with van der Waals surface area (Å²) in [5.74, 6) is 0. The van der Waals surface area contributed by atoms with Crippen LogP contribution in [0.1, 0.15) is 70.0 Å². The zero-order chi connectivity index (χ0) is 18.2. The van der Waals surface area contributed by atoms with Gasteiger partial charge in [-0.3, -0.25) is 0 Å². The van der Waals surface area contributed by atoms with Gasteiger partial charge in [0.1, 0.15) is 6.10 Å². The van der Waals surface area contributed by atoms with Gasteiger partial charge in [0.15, 0.2) is 0 Å². The molecule has 0 radical (unpaired) electrons. The Balaban J connectivity index is 1.60. The third-order valence-corrected chi connectivity index (χ3v) is 5.77. The van der Waals surface area contributed by atoms with E-state index in [1.54, 1.807) is 0 Å². The third kappa shape index (κ3) is 5.00. The average Bonchev–Trinajstić information content (AvgIpc) is 2.99. The molecule has 2 heterocycles. The van der Waals surface area contributed by atoms with E-state index in [0.717, 1.165) is 37.9 Å². The first kappa shape index (κ1) is 19.2. The van der Waals surface area contributed by atoms with Crippen LogP contribution >= 0.6 is 0 Å². The number of cyclic esters (lactones) is 1. The van der Waals surface area contributed by atoms with E-state index in [-0.39, 0.29) is 18.2 Å². The van der Waals surface area contributed by atoms with Crippen LogP contribution in [0.25, 0.3) is 0 Å². The van der Waals surface area contributed by atoms with Crippen molar-refractivity contribution >= 4 is 6.09 Å². The minimum atomic E-state index is -0.126. The summed E-state index contributed by atoms with van der Waals surface area (Å²) in [6, 6.07) is 10.4. The summed E-state index contributed by atoms with van der Waals surface area (Å²) < 4.78 is 5.82. The Kier molecular flexibility index (Phi) is 7.36. The summed E-state index contributed by atoms with van der Waals surface area (Å²) in [5.41, 5.74) is 1.13. The number of benzene rings is 1. The fourth-order valence-corrected chi connectivity index (χ4v) is 4.30. The Morgan fingerprint density at radius 2 is 1.77 bits per heavy atom. The van der Waals surface area contributed by atoms with E-state index in [9.17, 15) is 4.79 Å². The zero-order valence-corrected chi connectivity index (χ0v) is 16.2. The Bertz CT molecular complexity index is 542. The first-order chi connectivity index (χ1) is 12.8. The van der Waals surface area contributed by atoms with Crippen LogP contribution in [-0.4, -0.2) is 48.1 Å². The predicted molar refractivity (Wildman–Crippen MR) is 105 cm³/mol. The number of amides is 1. The van der Waals surface area contributed by atoms with E-state index in [1.807, 2.05) is 23.1 Å². The lowest BCUT2D eigenvalue weighted by Gasteiger charge is -2.28. The van der Waals surface area contributed by atoms with Crippen molar-refractivity contribution in [1.29, 1.82) is 0 Å². The maximum absolute atomic E-state index is 12.6. The van der Waals surface area contributed by atoms with Gasteiger partial charge in [-0.15, -0.1) is 0 Å². The van der Waals surface area contributed by atoms with E-state index in [0.29, 0.717) is 0 Å². The van der Waals surface area contributed by atoms with Crippen molar-refractivity contribution in [2.45, 2.75) is 70.4 Å². The second-order valence-corrected chi connectivity index (χ2v) is 7.73. The molecule has 1 aromatic carbocycles. The normalized spacial score (nSPS) is 24.0. The van der Waals surface area contributed by atoms with Crippen molar-refractivity contribution < 1.29 is 9.53 Å². The Labute approximate surface area is 158 Å². The molecule has 3 rings (SSSR count). The van der Waals surface area contributed by atoms with Gasteiger partial charge in [0.2, 0.25) is 0 Å². The highest BCUT2D eigenvalue weighted by atomic mass is 16.6. The monoisotopic (exact) mass is 358 g/mol. The summed E-state index contributed by atoms with van der Waals surface area (Å²) in [6.07, 6.45) is 9.42. The topological polar surface area (TPSA) is 32.8 Å². The molecule has 2 aliphatic rings. The van der Waals surface area contributed by atoms with Gasteiger partial charge in [0.05, 0.1) is 6.04 Å². The van der Waals surface area contributed by atoms with Gasteiger partial charge in [0.25, 0.3) is 0 Å². The highest BCUT2D eigenvalue weighted by molar-refractivity contribution is 5.71. The number of likely N-dealkylation sites (tertiary alicyclic amines) is 1.